The number of carbonyl (C=O) groups excluding carboxylic acids is 3. The summed E-state index contributed by atoms with van der Waals surface area (Å²) in [5.74, 6) is 0.632. The fourth-order valence-corrected chi connectivity index (χ4v) is 3.39. The number of hydrogen-bond acceptors (Lipinski definition) is 6. The van der Waals surface area contributed by atoms with Gasteiger partial charge >= 0.3 is 5.97 Å². The van der Waals surface area contributed by atoms with Gasteiger partial charge < -0.3 is 19.5 Å². The van der Waals surface area contributed by atoms with Crippen molar-refractivity contribution in [2.75, 3.05) is 12.4 Å². The minimum atomic E-state index is -0.853. The standard InChI is InChI=1S/C28H29NO6/c1-3-9-25(28(32)20-10-5-4-6-11-20)35-27(31)19-18-26(30)29-21-14-16-22(17-15-21)34-24-13-8-7-12-23(24)33-2/h4-8,10-17,25H,3,9,18-19H2,1-2H3,(H,29,30). The number of carbonyl (C=O) groups is 3. The molecule has 1 N–H and O–H groups in total. The van der Waals surface area contributed by atoms with Crippen LogP contribution in [0.4, 0.5) is 5.69 Å². The Bertz CT molecular complexity index is 1130. The Morgan fingerprint density at radius 1 is 0.829 bits per heavy atom. The van der Waals surface area contributed by atoms with Gasteiger partial charge in [-0.1, -0.05) is 55.8 Å². The summed E-state index contributed by atoms with van der Waals surface area (Å²) in [7, 11) is 1.57. The molecule has 0 aromatic heterocycles. The first kappa shape index (κ1) is 25.5. The van der Waals surface area contributed by atoms with E-state index in [-0.39, 0.29) is 24.5 Å². The maximum absolute atomic E-state index is 12.7. The molecule has 0 saturated carbocycles. The quantitative estimate of drug-likeness (QED) is 0.263. The van der Waals surface area contributed by atoms with Gasteiger partial charge in [-0.25, -0.2) is 0 Å². The van der Waals surface area contributed by atoms with Crippen molar-refractivity contribution in [3.8, 4) is 17.2 Å². The third-order valence-corrected chi connectivity index (χ3v) is 5.17. The summed E-state index contributed by atoms with van der Waals surface area (Å²) in [5.41, 5.74) is 1.06. The third kappa shape index (κ3) is 7.71. The predicted molar refractivity (Wildman–Crippen MR) is 133 cm³/mol. The van der Waals surface area contributed by atoms with E-state index in [0.29, 0.717) is 41.3 Å². The zero-order valence-corrected chi connectivity index (χ0v) is 19.9. The molecule has 0 fully saturated rings. The van der Waals surface area contributed by atoms with Crippen LogP contribution in [0.5, 0.6) is 17.2 Å². The van der Waals surface area contributed by atoms with Crippen molar-refractivity contribution in [3.63, 3.8) is 0 Å². The van der Waals surface area contributed by atoms with E-state index in [1.807, 2.05) is 25.1 Å². The average molecular weight is 476 g/mol. The Kier molecular flexibility index (Phi) is 9.42. The van der Waals surface area contributed by atoms with Gasteiger partial charge in [0.15, 0.2) is 17.6 Å². The molecule has 0 aliphatic carbocycles. The molecule has 1 unspecified atom stereocenters. The maximum atomic E-state index is 12.7. The van der Waals surface area contributed by atoms with E-state index in [1.165, 1.54) is 0 Å². The molecule has 3 rings (SSSR count). The van der Waals surface area contributed by atoms with Crippen molar-refractivity contribution >= 4 is 23.3 Å². The molecular formula is C28H29NO6. The summed E-state index contributed by atoms with van der Waals surface area (Å²) in [6.45, 7) is 1.92. The number of esters is 1. The van der Waals surface area contributed by atoms with E-state index < -0.39 is 12.1 Å². The summed E-state index contributed by atoms with van der Waals surface area (Å²) in [6.07, 6.45) is 0.0800. The predicted octanol–water partition coefficient (Wildman–Crippen LogP) is 5.80. The number of ether oxygens (including phenoxy) is 3. The van der Waals surface area contributed by atoms with E-state index in [9.17, 15) is 14.4 Å². The van der Waals surface area contributed by atoms with Gasteiger partial charge in [0.2, 0.25) is 11.7 Å². The molecule has 35 heavy (non-hydrogen) atoms. The van der Waals surface area contributed by atoms with Crippen LogP contribution in [-0.2, 0) is 14.3 Å². The normalized spacial score (nSPS) is 11.3. The molecule has 0 aliphatic rings. The van der Waals surface area contributed by atoms with Crippen LogP contribution in [0.1, 0.15) is 43.0 Å². The van der Waals surface area contributed by atoms with Gasteiger partial charge in [0.25, 0.3) is 0 Å². The molecule has 1 atom stereocenters. The highest BCUT2D eigenvalue weighted by atomic mass is 16.5. The largest absolute Gasteiger partial charge is 0.493 e. The van der Waals surface area contributed by atoms with Crippen molar-refractivity contribution in [1.82, 2.24) is 0 Å². The first-order valence-electron chi connectivity index (χ1n) is 11.5. The van der Waals surface area contributed by atoms with Gasteiger partial charge in [-0.2, -0.15) is 0 Å². The summed E-state index contributed by atoms with van der Waals surface area (Å²) < 4.78 is 16.5. The van der Waals surface area contributed by atoms with Crippen molar-refractivity contribution in [2.24, 2.45) is 0 Å². The van der Waals surface area contributed by atoms with Crippen molar-refractivity contribution in [2.45, 2.75) is 38.7 Å². The van der Waals surface area contributed by atoms with Crippen LogP contribution < -0.4 is 14.8 Å². The lowest BCUT2D eigenvalue weighted by atomic mass is 10.0. The Balaban J connectivity index is 1.48. The number of rotatable bonds is 12. The molecule has 0 saturated heterocycles. The molecule has 7 nitrogen and oxygen atoms in total. The highest BCUT2D eigenvalue weighted by Crippen LogP contribution is 2.31. The molecule has 182 valence electrons. The first-order chi connectivity index (χ1) is 17.0. The minimum absolute atomic E-state index is 0.0589. The summed E-state index contributed by atoms with van der Waals surface area (Å²) in [5, 5.41) is 2.74. The van der Waals surface area contributed by atoms with E-state index in [4.69, 9.17) is 14.2 Å². The second-order valence-corrected chi connectivity index (χ2v) is 7.82. The SMILES string of the molecule is CCCC(OC(=O)CCC(=O)Nc1ccc(Oc2ccccc2OC)cc1)C(=O)c1ccccc1. The number of amides is 1. The van der Waals surface area contributed by atoms with Crippen molar-refractivity contribution in [1.29, 1.82) is 0 Å². The van der Waals surface area contributed by atoms with Crippen LogP contribution >= 0.6 is 0 Å². The van der Waals surface area contributed by atoms with Crippen LogP contribution in [0.25, 0.3) is 0 Å². The van der Waals surface area contributed by atoms with Crippen molar-refractivity contribution < 1.29 is 28.6 Å². The van der Waals surface area contributed by atoms with Gasteiger partial charge in [-0.3, -0.25) is 14.4 Å². The van der Waals surface area contributed by atoms with Crippen LogP contribution in [0, 0.1) is 0 Å². The van der Waals surface area contributed by atoms with Crippen LogP contribution in [0.3, 0.4) is 0 Å². The lowest BCUT2D eigenvalue weighted by molar-refractivity contribution is -0.148. The van der Waals surface area contributed by atoms with E-state index in [2.05, 4.69) is 5.32 Å². The van der Waals surface area contributed by atoms with Gasteiger partial charge in [0, 0.05) is 17.7 Å². The molecule has 0 heterocycles. The Hall–Kier alpha value is -4.13. The fraction of sp³-hybridized carbons (Fsp3) is 0.250. The molecule has 3 aromatic rings. The average Bonchev–Trinajstić information content (AvgIpc) is 2.89. The summed E-state index contributed by atoms with van der Waals surface area (Å²) in [6, 6.07) is 22.9. The van der Waals surface area contributed by atoms with Gasteiger partial charge in [-0.05, 0) is 42.8 Å². The lowest BCUT2D eigenvalue weighted by Crippen LogP contribution is -2.28. The number of Topliss-reactive ketones (excluding diaryl/α,β-unsaturated/α-hetero) is 1. The highest BCUT2D eigenvalue weighted by Gasteiger charge is 2.23. The second-order valence-electron chi connectivity index (χ2n) is 7.82. The molecule has 0 aliphatic heterocycles. The Morgan fingerprint density at radius 3 is 2.14 bits per heavy atom. The van der Waals surface area contributed by atoms with Gasteiger partial charge in [0.05, 0.1) is 13.5 Å². The minimum Gasteiger partial charge on any atom is -0.493 e. The summed E-state index contributed by atoms with van der Waals surface area (Å²) in [4.78, 5) is 37.3. The van der Waals surface area contributed by atoms with Crippen molar-refractivity contribution in [3.05, 3.63) is 84.4 Å². The van der Waals surface area contributed by atoms with Gasteiger partial charge in [-0.15, -0.1) is 0 Å². The molecule has 0 bridgehead atoms. The number of ketones is 1. The Labute approximate surface area is 205 Å². The number of nitrogens with one attached hydrogen (secondary N) is 1. The van der Waals surface area contributed by atoms with E-state index in [0.717, 1.165) is 0 Å². The molecule has 7 heteroatoms. The molecule has 3 aromatic carbocycles. The van der Waals surface area contributed by atoms with Crippen LogP contribution in [0.15, 0.2) is 78.9 Å². The van der Waals surface area contributed by atoms with Gasteiger partial charge in [0.1, 0.15) is 5.75 Å². The highest BCUT2D eigenvalue weighted by molar-refractivity contribution is 6.00. The zero-order valence-electron chi connectivity index (χ0n) is 19.9. The maximum Gasteiger partial charge on any atom is 0.307 e. The lowest BCUT2D eigenvalue weighted by Gasteiger charge is -2.16. The number of hydrogen-bond donors (Lipinski definition) is 1. The molecule has 1 amide bonds. The topological polar surface area (TPSA) is 90.9 Å². The van der Waals surface area contributed by atoms with Crippen LogP contribution in [-0.4, -0.2) is 30.9 Å². The first-order valence-corrected chi connectivity index (χ1v) is 11.5. The third-order valence-electron chi connectivity index (χ3n) is 5.17. The summed E-state index contributed by atoms with van der Waals surface area (Å²) >= 11 is 0. The second kappa shape index (κ2) is 12.9. The number of anilines is 1. The molecule has 0 radical (unpaired) electrons. The molecular weight excluding hydrogens is 446 g/mol. The number of para-hydroxylation sites is 2. The molecule has 0 spiro atoms. The monoisotopic (exact) mass is 475 g/mol. The Morgan fingerprint density at radius 2 is 1.49 bits per heavy atom. The number of benzene rings is 3. The fourth-order valence-electron chi connectivity index (χ4n) is 3.39. The zero-order chi connectivity index (χ0) is 25.0. The van der Waals surface area contributed by atoms with E-state index in [1.54, 1.807) is 67.8 Å². The smallest absolute Gasteiger partial charge is 0.307 e. The number of methoxy groups -OCH3 is 1. The van der Waals surface area contributed by atoms with Crippen LogP contribution in [0.2, 0.25) is 0 Å². The van der Waals surface area contributed by atoms with E-state index >= 15 is 0 Å².